The van der Waals surface area contributed by atoms with Crippen molar-refractivity contribution < 1.29 is 14.3 Å². The van der Waals surface area contributed by atoms with E-state index in [-0.39, 0.29) is 18.6 Å². The number of nitriles is 2. The zero-order valence-electron chi connectivity index (χ0n) is 18.7. The summed E-state index contributed by atoms with van der Waals surface area (Å²) < 4.78 is 11.9. The van der Waals surface area contributed by atoms with Crippen molar-refractivity contribution in [3.8, 4) is 29.4 Å². The van der Waals surface area contributed by atoms with Gasteiger partial charge in [-0.25, -0.2) is 0 Å². The Balaban J connectivity index is 1.54. The third-order valence-corrected chi connectivity index (χ3v) is 5.62. The summed E-state index contributed by atoms with van der Waals surface area (Å²) in [4.78, 5) is 13.0. The Morgan fingerprint density at radius 1 is 0.853 bits per heavy atom. The molecule has 0 atom stereocenters. The van der Waals surface area contributed by atoms with Crippen molar-refractivity contribution in [2.45, 2.75) is 38.3 Å². The van der Waals surface area contributed by atoms with Gasteiger partial charge in [0.1, 0.15) is 23.9 Å². The van der Waals surface area contributed by atoms with Crippen molar-refractivity contribution in [3.63, 3.8) is 0 Å². The first-order valence-corrected chi connectivity index (χ1v) is 11.2. The molecule has 3 aromatic carbocycles. The van der Waals surface area contributed by atoms with E-state index in [9.17, 15) is 4.79 Å². The van der Waals surface area contributed by atoms with Crippen LogP contribution in [0.4, 0.5) is 0 Å². The van der Waals surface area contributed by atoms with Gasteiger partial charge < -0.3 is 14.8 Å². The molecular formula is C28H24N3O3. The van der Waals surface area contributed by atoms with Crippen LogP contribution in [-0.2, 0) is 6.61 Å². The fourth-order valence-electron chi connectivity index (χ4n) is 3.76. The van der Waals surface area contributed by atoms with E-state index in [1.807, 2.05) is 12.1 Å². The largest absolute Gasteiger partial charge is 0.489 e. The lowest BCUT2D eigenvalue weighted by Gasteiger charge is -2.23. The molecule has 6 nitrogen and oxygen atoms in total. The normalized spacial score (nSPS) is 13.4. The SMILES string of the molecule is N#Cc1ccc(COc2cc(Oc3ccc(C#N)cc3)cc(C(=O)NC3CC[CH]CC3)c2)cc1. The third-order valence-electron chi connectivity index (χ3n) is 5.62. The number of carbonyl (C=O) groups excluding carboxylic acids is 1. The lowest BCUT2D eigenvalue weighted by Crippen LogP contribution is -2.36. The van der Waals surface area contributed by atoms with Gasteiger partial charge in [-0.1, -0.05) is 12.1 Å². The predicted molar refractivity (Wildman–Crippen MR) is 127 cm³/mol. The molecule has 0 aromatic heterocycles. The molecule has 0 aliphatic heterocycles. The van der Waals surface area contributed by atoms with E-state index < -0.39 is 0 Å². The van der Waals surface area contributed by atoms with Gasteiger partial charge in [-0.2, -0.15) is 10.5 Å². The minimum Gasteiger partial charge on any atom is -0.489 e. The average molecular weight is 451 g/mol. The molecule has 1 aliphatic rings. The van der Waals surface area contributed by atoms with Gasteiger partial charge in [0.15, 0.2) is 0 Å². The van der Waals surface area contributed by atoms with Crippen molar-refractivity contribution in [1.29, 1.82) is 10.5 Å². The Bertz CT molecular complexity index is 1220. The molecule has 4 rings (SSSR count). The minimum absolute atomic E-state index is 0.156. The van der Waals surface area contributed by atoms with E-state index in [2.05, 4.69) is 23.9 Å². The van der Waals surface area contributed by atoms with Crippen LogP contribution in [0, 0.1) is 29.1 Å². The van der Waals surface area contributed by atoms with Crippen LogP contribution in [-0.4, -0.2) is 11.9 Å². The maximum atomic E-state index is 13.0. The van der Waals surface area contributed by atoms with E-state index >= 15 is 0 Å². The zero-order chi connectivity index (χ0) is 23.8. The molecule has 1 aliphatic carbocycles. The number of nitrogens with one attached hydrogen (secondary N) is 1. The summed E-state index contributed by atoms with van der Waals surface area (Å²) in [5, 5.41) is 21.1. The summed E-state index contributed by atoms with van der Waals surface area (Å²) in [6.45, 7) is 0.283. The molecule has 34 heavy (non-hydrogen) atoms. The number of amides is 1. The Kier molecular flexibility index (Phi) is 7.42. The fraction of sp³-hybridized carbons (Fsp3) is 0.214. The van der Waals surface area contributed by atoms with Gasteiger partial charge in [0.25, 0.3) is 5.91 Å². The molecule has 1 amide bonds. The monoisotopic (exact) mass is 450 g/mol. The van der Waals surface area contributed by atoms with Crippen LogP contribution in [0.1, 0.15) is 52.7 Å². The van der Waals surface area contributed by atoms with Crippen molar-refractivity contribution in [2.75, 3.05) is 0 Å². The molecule has 0 bridgehead atoms. The zero-order valence-corrected chi connectivity index (χ0v) is 18.7. The summed E-state index contributed by atoms with van der Waals surface area (Å²) in [5.41, 5.74) is 2.48. The first kappa shape index (κ1) is 22.9. The molecule has 0 heterocycles. The average Bonchev–Trinajstić information content (AvgIpc) is 2.88. The van der Waals surface area contributed by atoms with Gasteiger partial charge in [-0.3, -0.25) is 4.79 Å². The number of rotatable bonds is 7. The lowest BCUT2D eigenvalue weighted by atomic mass is 9.95. The van der Waals surface area contributed by atoms with Crippen LogP contribution < -0.4 is 14.8 Å². The van der Waals surface area contributed by atoms with Crippen LogP contribution in [0.15, 0.2) is 66.7 Å². The molecule has 0 spiro atoms. The van der Waals surface area contributed by atoms with Gasteiger partial charge in [-0.15, -0.1) is 0 Å². The van der Waals surface area contributed by atoms with Crippen molar-refractivity contribution in [3.05, 3.63) is 95.4 Å². The van der Waals surface area contributed by atoms with E-state index in [1.165, 1.54) is 0 Å². The molecule has 1 radical (unpaired) electrons. The smallest absolute Gasteiger partial charge is 0.251 e. The highest BCUT2D eigenvalue weighted by Gasteiger charge is 2.18. The fourth-order valence-corrected chi connectivity index (χ4v) is 3.76. The molecule has 1 saturated carbocycles. The van der Waals surface area contributed by atoms with Crippen LogP contribution in [0.5, 0.6) is 17.2 Å². The molecule has 169 valence electrons. The summed E-state index contributed by atoms with van der Waals surface area (Å²) in [7, 11) is 0. The minimum atomic E-state index is -0.166. The Morgan fingerprint density at radius 2 is 1.47 bits per heavy atom. The van der Waals surface area contributed by atoms with Gasteiger partial charge >= 0.3 is 0 Å². The first-order valence-electron chi connectivity index (χ1n) is 11.2. The van der Waals surface area contributed by atoms with Crippen LogP contribution >= 0.6 is 0 Å². The van der Waals surface area contributed by atoms with Gasteiger partial charge in [0.05, 0.1) is 23.3 Å². The highest BCUT2D eigenvalue weighted by atomic mass is 16.5. The van der Waals surface area contributed by atoms with Crippen molar-refractivity contribution in [2.24, 2.45) is 0 Å². The maximum Gasteiger partial charge on any atom is 0.251 e. The van der Waals surface area contributed by atoms with E-state index in [0.717, 1.165) is 31.2 Å². The molecule has 0 saturated heterocycles. The van der Waals surface area contributed by atoms with Crippen LogP contribution in [0.3, 0.4) is 0 Å². The predicted octanol–water partition coefficient (Wildman–Crippen LogP) is 5.68. The first-order chi connectivity index (χ1) is 16.6. The van der Waals surface area contributed by atoms with Crippen molar-refractivity contribution in [1.82, 2.24) is 5.32 Å². The summed E-state index contributed by atoms with van der Waals surface area (Å²) in [6.07, 6.45) is 6.14. The number of hydrogen-bond acceptors (Lipinski definition) is 5. The highest BCUT2D eigenvalue weighted by Crippen LogP contribution is 2.29. The van der Waals surface area contributed by atoms with Gasteiger partial charge in [0.2, 0.25) is 0 Å². The molecule has 3 aromatic rings. The number of benzene rings is 3. The topological polar surface area (TPSA) is 95.1 Å². The summed E-state index contributed by atoms with van der Waals surface area (Å²) in [5.74, 6) is 1.35. The van der Waals surface area contributed by atoms with E-state index in [4.69, 9.17) is 20.0 Å². The van der Waals surface area contributed by atoms with Crippen LogP contribution in [0.25, 0.3) is 0 Å². The second-order valence-corrected chi connectivity index (χ2v) is 8.14. The second kappa shape index (κ2) is 11.0. The Hall–Kier alpha value is -4.29. The van der Waals surface area contributed by atoms with Gasteiger partial charge in [-0.05, 0) is 86.2 Å². The number of carbonyl (C=O) groups is 1. The Labute approximate surface area is 199 Å². The second-order valence-electron chi connectivity index (χ2n) is 8.14. The quantitative estimate of drug-likeness (QED) is 0.500. The number of ether oxygens (including phenoxy) is 2. The summed E-state index contributed by atoms with van der Waals surface area (Å²) >= 11 is 0. The highest BCUT2D eigenvalue weighted by molar-refractivity contribution is 5.95. The van der Waals surface area contributed by atoms with Crippen LogP contribution in [0.2, 0.25) is 0 Å². The molecule has 1 N–H and O–H groups in total. The van der Waals surface area contributed by atoms with E-state index in [1.54, 1.807) is 54.6 Å². The number of hydrogen-bond donors (Lipinski definition) is 1. The maximum absolute atomic E-state index is 13.0. The molecule has 1 fully saturated rings. The summed E-state index contributed by atoms with van der Waals surface area (Å²) in [6, 6.07) is 23.4. The standard InChI is InChI=1S/C28H24N3O3/c29-17-20-6-8-22(9-7-20)19-33-26-14-23(28(32)31-24-4-2-1-3-5-24)15-27(16-26)34-25-12-10-21(18-30)11-13-25/h1,6-16,24H,2-5,19H2,(H,31,32). The van der Waals surface area contributed by atoms with Crippen molar-refractivity contribution >= 4 is 5.91 Å². The lowest BCUT2D eigenvalue weighted by molar-refractivity contribution is 0.0929. The Morgan fingerprint density at radius 3 is 2.12 bits per heavy atom. The molecular weight excluding hydrogens is 426 g/mol. The third kappa shape index (κ3) is 6.15. The number of nitrogens with zero attached hydrogens (tertiary/aromatic N) is 2. The van der Waals surface area contributed by atoms with E-state index in [0.29, 0.717) is 33.9 Å². The molecule has 0 unspecified atom stereocenters. The van der Waals surface area contributed by atoms with Gasteiger partial charge in [0, 0.05) is 17.7 Å². The molecule has 6 heteroatoms.